The number of hydrogen-bond donors (Lipinski definition) is 3. The molecule has 0 amide bonds. The predicted molar refractivity (Wildman–Crippen MR) is 226 cm³/mol. The minimum atomic E-state index is -4.71. The van der Waals surface area contributed by atoms with Gasteiger partial charge in [0, 0.05) is 12.8 Å². The molecule has 0 rings (SSSR count). The standard InChI is InChI=1S/C44H82NO10P/c1-3-5-7-9-11-13-15-17-19-20-22-23-25-27-29-31-33-35-42(46)52-37-40(38-53-56(50,51)54-39-41(45)44(48)49)55-43(47)36-34-32-30-28-26-24-21-18-16-14-12-10-8-6-4-2/h11,13,17,19,40-41H,3-10,12,14-16,18,20-39,45H2,1-2H3,(H,48,49)(H,50,51)/b13-11+,19-17+/t40-,41+/m1/s1. The van der Waals surface area contributed by atoms with Gasteiger partial charge in [0.2, 0.25) is 0 Å². The zero-order valence-electron chi connectivity index (χ0n) is 35.5. The number of ether oxygens (including phenoxy) is 2. The number of aliphatic carboxylic acids is 1. The normalized spacial score (nSPS) is 13.9. The lowest BCUT2D eigenvalue weighted by Crippen LogP contribution is -2.34. The second-order valence-electron chi connectivity index (χ2n) is 15.2. The van der Waals surface area contributed by atoms with Crippen molar-refractivity contribution in [3.05, 3.63) is 24.3 Å². The van der Waals surface area contributed by atoms with Crippen molar-refractivity contribution in [3.63, 3.8) is 0 Å². The van der Waals surface area contributed by atoms with Crippen LogP contribution in [0.1, 0.15) is 206 Å². The Balaban J connectivity index is 4.33. The van der Waals surface area contributed by atoms with Crippen LogP contribution in [-0.2, 0) is 37.5 Å². The third-order valence-electron chi connectivity index (χ3n) is 9.70. The number of carbonyl (C=O) groups excluding carboxylic acids is 2. The lowest BCUT2D eigenvalue weighted by molar-refractivity contribution is -0.161. The molecule has 0 spiro atoms. The Morgan fingerprint density at radius 3 is 1.43 bits per heavy atom. The van der Waals surface area contributed by atoms with Gasteiger partial charge in [0.1, 0.15) is 12.6 Å². The van der Waals surface area contributed by atoms with Crippen molar-refractivity contribution in [2.75, 3.05) is 19.8 Å². The number of unbranched alkanes of at least 4 members (excludes halogenated alkanes) is 24. The van der Waals surface area contributed by atoms with E-state index in [9.17, 15) is 23.8 Å². The highest BCUT2D eigenvalue weighted by molar-refractivity contribution is 7.47. The molecule has 328 valence electrons. The van der Waals surface area contributed by atoms with Gasteiger partial charge in [-0.2, -0.15) is 0 Å². The van der Waals surface area contributed by atoms with Gasteiger partial charge in [0.15, 0.2) is 6.10 Å². The monoisotopic (exact) mass is 816 g/mol. The van der Waals surface area contributed by atoms with Crippen molar-refractivity contribution >= 4 is 25.7 Å². The quantitative estimate of drug-likeness (QED) is 0.0232. The highest BCUT2D eigenvalue weighted by atomic mass is 31.2. The molecule has 12 heteroatoms. The fraction of sp³-hybridized carbons (Fsp3) is 0.841. The van der Waals surface area contributed by atoms with Crippen LogP contribution in [0.2, 0.25) is 0 Å². The van der Waals surface area contributed by atoms with Crippen molar-refractivity contribution in [2.24, 2.45) is 5.73 Å². The van der Waals surface area contributed by atoms with Gasteiger partial charge in [0.05, 0.1) is 13.2 Å². The Morgan fingerprint density at radius 2 is 0.946 bits per heavy atom. The fourth-order valence-corrected chi connectivity index (χ4v) is 6.93. The van der Waals surface area contributed by atoms with Crippen LogP contribution in [0.15, 0.2) is 24.3 Å². The molecule has 11 nitrogen and oxygen atoms in total. The van der Waals surface area contributed by atoms with E-state index < -0.39 is 51.1 Å². The highest BCUT2D eigenvalue weighted by Gasteiger charge is 2.28. The maximum atomic E-state index is 12.6. The van der Waals surface area contributed by atoms with Gasteiger partial charge in [0.25, 0.3) is 0 Å². The largest absolute Gasteiger partial charge is 0.480 e. The van der Waals surface area contributed by atoms with Crippen molar-refractivity contribution in [2.45, 2.75) is 219 Å². The summed E-state index contributed by atoms with van der Waals surface area (Å²) in [6.45, 7) is 2.79. The topological polar surface area (TPSA) is 172 Å². The summed E-state index contributed by atoms with van der Waals surface area (Å²) in [5.74, 6) is -2.38. The van der Waals surface area contributed by atoms with Crippen LogP contribution in [0.25, 0.3) is 0 Å². The van der Waals surface area contributed by atoms with Crippen LogP contribution < -0.4 is 5.73 Å². The van der Waals surface area contributed by atoms with Gasteiger partial charge in [-0.05, 0) is 44.9 Å². The van der Waals surface area contributed by atoms with E-state index >= 15 is 0 Å². The molecule has 0 heterocycles. The summed E-state index contributed by atoms with van der Waals surface area (Å²) in [6.07, 6.45) is 40.9. The molecule has 0 bridgehead atoms. The summed E-state index contributed by atoms with van der Waals surface area (Å²) in [4.78, 5) is 46.0. The first-order chi connectivity index (χ1) is 27.1. The molecule has 4 N–H and O–H groups in total. The number of carboxylic acid groups (broad SMARTS) is 1. The zero-order valence-corrected chi connectivity index (χ0v) is 36.4. The number of nitrogens with two attached hydrogens (primary N) is 1. The van der Waals surface area contributed by atoms with E-state index in [4.69, 9.17) is 24.8 Å². The number of esters is 2. The molecule has 3 atom stereocenters. The third kappa shape index (κ3) is 38.8. The Morgan fingerprint density at radius 1 is 0.554 bits per heavy atom. The molecule has 0 saturated heterocycles. The maximum absolute atomic E-state index is 12.6. The molecule has 0 aromatic carbocycles. The van der Waals surface area contributed by atoms with E-state index in [1.807, 2.05) is 0 Å². The third-order valence-corrected chi connectivity index (χ3v) is 10.7. The van der Waals surface area contributed by atoms with Crippen LogP contribution in [0.3, 0.4) is 0 Å². The molecule has 0 radical (unpaired) electrons. The molecule has 0 aromatic rings. The van der Waals surface area contributed by atoms with Gasteiger partial charge in [-0.3, -0.25) is 23.4 Å². The second kappa shape index (κ2) is 39.8. The van der Waals surface area contributed by atoms with Crippen molar-refractivity contribution in [1.82, 2.24) is 0 Å². The van der Waals surface area contributed by atoms with Crippen LogP contribution in [0.5, 0.6) is 0 Å². The SMILES string of the molecule is CCCCC/C=C/C/C=C/CCCCCCCCCC(=O)OC[C@H](COP(=O)(O)OC[C@H](N)C(=O)O)OC(=O)CCCCCCCCCCCCCCCCC. The minimum absolute atomic E-state index is 0.164. The Kier molecular flexibility index (Phi) is 38.3. The Bertz CT molecular complexity index is 1050. The average Bonchev–Trinajstić information content (AvgIpc) is 3.17. The zero-order chi connectivity index (χ0) is 41.4. The van der Waals surface area contributed by atoms with E-state index in [0.29, 0.717) is 12.8 Å². The molecule has 0 saturated carbocycles. The number of carbonyl (C=O) groups is 3. The van der Waals surface area contributed by atoms with Gasteiger partial charge < -0.3 is 25.2 Å². The van der Waals surface area contributed by atoms with E-state index in [1.165, 1.54) is 116 Å². The van der Waals surface area contributed by atoms with Crippen LogP contribution in [-0.4, -0.2) is 59.9 Å². The summed E-state index contributed by atoms with van der Waals surface area (Å²) in [5.41, 5.74) is 5.33. The molecule has 1 unspecified atom stereocenters. The number of phosphoric acid groups is 1. The Labute approximate surface area is 340 Å². The van der Waals surface area contributed by atoms with Crippen molar-refractivity contribution in [1.29, 1.82) is 0 Å². The number of carboxylic acids is 1. The number of phosphoric ester groups is 1. The summed E-state index contributed by atoms with van der Waals surface area (Å²) in [6, 6.07) is -1.52. The molecule has 0 aliphatic carbocycles. The first-order valence-corrected chi connectivity index (χ1v) is 23.9. The fourth-order valence-electron chi connectivity index (χ4n) is 6.15. The smallest absolute Gasteiger partial charge is 0.472 e. The highest BCUT2D eigenvalue weighted by Crippen LogP contribution is 2.43. The predicted octanol–water partition coefficient (Wildman–Crippen LogP) is 11.8. The average molecular weight is 816 g/mol. The second-order valence-corrected chi connectivity index (χ2v) is 16.6. The Hall–Kier alpha value is -2.04. The first kappa shape index (κ1) is 54.0. The van der Waals surface area contributed by atoms with Crippen molar-refractivity contribution < 1.29 is 47.5 Å². The maximum Gasteiger partial charge on any atom is 0.472 e. The molecule has 0 aliphatic rings. The molecule has 0 fully saturated rings. The minimum Gasteiger partial charge on any atom is -0.480 e. The molecule has 0 aliphatic heterocycles. The number of hydrogen-bond acceptors (Lipinski definition) is 9. The van der Waals surface area contributed by atoms with Crippen LogP contribution in [0, 0.1) is 0 Å². The molecular weight excluding hydrogens is 733 g/mol. The van der Waals surface area contributed by atoms with E-state index in [2.05, 4.69) is 42.7 Å². The van der Waals surface area contributed by atoms with Gasteiger partial charge in [-0.1, -0.05) is 173 Å². The summed E-state index contributed by atoms with van der Waals surface area (Å²) < 4.78 is 32.7. The van der Waals surface area contributed by atoms with E-state index in [0.717, 1.165) is 51.4 Å². The van der Waals surface area contributed by atoms with E-state index in [1.54, 1.807) is 0 Å². The summed E-state index contributed by atoms with van der Waals surface area (Å²) >= 11 is 0. The van der Waals surface area contributed by atoms with Gasteiger partial charge in [-0.25, -0.2) is 4.57 Å². The number of rotatable bonds is 42. The lowest BCUT2D eigenvalue weighted by Gasteiger charge is -2.20. The van der Waals surface area contributed by atoms with Crippen LogP contribution >= 0.6 is 7.82 Å². The molecule has 0 aromatic heterocycles. The van der Waals surface area contributed by atoms with Crippen LogP contribution in [0.4, 0.5) is 0 Å². The summed E-state index contributed by atoms with van der Waals surface area (Å²) in [7, 11) is -4.71. The molecule has 56 heavy (non-hydrogen) atoms. The lowest BCUT2D eigenvalue weighted by atomic mass is 10.0. The van der Waals surface area contributed by atoms with E-state index in [-0.39, 0.29) is 19.4 Å². The summed E-state index contributed by atoms with van der Waals surface area (Å²) in [5, 5.41) is 8.89. The number of allylic oxidation sites excluding steroid dienone is 4. The molecular formula is C44H82NO10P. The van der Waals surface area contributed by atoms with Gasteiger partial charge in [-0.15, -0.1) is 0 Å². The van der Waals surface area contributed by atoms with Crippen molar-refractivity contribution in [3.8, 4) is 0 Å². The first-order valence-electron chi connectivity index (χ1n) is 22.4. The van der Waals surface area contributed by atoms with Gasteiger partial charge >= 0.3 is 25.7 Å².